The zero-order valence-corrected chi connectivity index (χ0v) is 18.6. The molecule has 1 N–H and O–H groups in total. The summed E-state index contributed by atoms with van der Waals surface area (Å²) in [7, 11) is 0. The summed E-state index contributed by atoms with van der Waals surface area (Å²) in [6.45, 7) is 0.0586. The number of carbonyl (C=O) groups excluding carboxylic acids is 1. The number of carboxylic acid groups (broad SMARTS) is 1. The van der Waals surface area contributed by atoms with E-state index in [0.717, 1.165) is 23.4 Å². The molecule has 2 aromatic heterocycles. The highest BCUT2D eigenvalue weighted by Crippen LogP contribution is 2.29. The van der Waals surface area contributed by atoms with Gasteiger partial charge in [0.05, 0.1) is 11.9 Å². The highest BCUT2D eigenvalue weighted by molar-refractivity contribution is 5.94. The number of alkyl halides is 3. The smallest absolute Gasteiger partial charge is 0.433 e. The largest absolute Gasteiger partial charge is 0.480 e. The number of benzene rings is 2. The Morgan fingerprint density at radius 3 is 2.28 bits per heavy atom. The molecule has 4 aromatic rings. The topological polar surface area (TPSA) is 101 Å². The molecule has 3 heterocycles. The molecule has 36 heavy (non-hydrogen) atoms. The molecule has 0 aliphatic carbocycles. The molecule has 182 valence electrons. The van der Waals surface area contributed by atoms with Crippen molar-refractivity contribution in [1.82, 2.24) is 24.6 Å². The molecule has 1 aliphatic heterocycles. The minimum atomic E-state index is -4.61. The van der Waals surface area contributed by atoms with Gasteiger partial charge in [-0.1, -0.05) is 54.6 Å². The third-order valence-corrected chi connectivity index (χ3v) is 5.91. The van der Waals surface area contributed by atoms with Gasteiger partial charge >= 0.3 is 12.1 Å². The second kappa shape index (κ2) is 8.91. The molecule has 5 rings (SSSR count). The fourth-order valence-electron chi connectivity index (χ4n) is 4.12. The lowest BCUT2D eigenvalue weighted by Gasteiger charge is -2.33. The predicted octanol–water partition coefficient (Wildman–Crippen LogP) is 4.00. The Bertz CT molecular complexity index is 1440. The first-order valence-corrected chi connectivity index (χ1v) is 10.9. The number of nitrogens with zero attached hydrogens (tertiary/aromatic N) is 5. The van der Waals surface area contributed by atoms with Crippen molar-refractivity contribution in [3.8, 4) is 17.1 Å². The van der Waals surface area contributed by atoms with Gasteiger partial charge in [0.1, 0.15) is 11.7 Å². The Balaban J connectivity index is 1.57. The fourth-order valence-corrected chi connectivity index (χ4v) is 4.12. The zero-order chi connectivity index (χ0) is 25.4. The Kier molecular flexibility index (Phi) is 5.75. The molecule has 11 heteroatoms. The zero-order valence-electron chi connectivity index (χ0n) is 18.6. The van der Waals surface area contributed by atoms with Crippen molar-refractivity contribution in [2.75, 3.05) is 0 Å². The normalized spacial score (nSPS) is 15.4. The number of halogens is 3. The van der Waals surface area contributed by atoms with Gasteiger partial charge in [0.25, 0.3) is 5.91 Å². The molecule has 0 unspecified atom stereocenters. The van der Waals surface area contributed by atoms with Crippen LogP contribution < -0.4 is 0 Å². The van der Waals surface area contributed by atoms with Gasteiger partial charge in [0, 0.05) is 18.5 Å². The number of fused-ring (bicyclic) bond motifs is 1. The molecule has 1 amide bonds. The molecule has 0 saturated carbocycles. The number of aliphatic carboxylic acids is 1. The van der Waals surface area contributed by atoms with Crippen LogP contribution in [0.3, 0.4) is 0 Å². The number of amides is 1. The molecule has 2 aromatic carbocycles. The van der Waals surface area contributed by atoms with E-state index in [1.807, 2.05) is 18.2 Å². The van der Waals surface area contributed by atoms with Gasteiger partial charge in [-0.2, -0.15) is 13.2 Å². The van der Waals surface area contributed by atoms with E-state index in [1.54, 1.807) is 36.4 Å². The Morgan fingerprint density at radius 1 is 0.944 bits per heavy atom. The van der Waals surface area contributed by atoms with Crippen molar-refractivity contribution in [3.05, 3.63) is 95.6 Å². The van der Waals surface area contributed by atoms with Crippen LogP contribution in [0.25, 0.3) is 17.1 Å². The second-order valence-electron chi connectivity index (χ2n) is 8.20. The van der Waals surface area contributed by atoms with Crippen LogP contribution in [-0.2, 0) is 23.9 Å². The number of hydrogen-bond donors (Lipinski definition) is 1. The number of rotatable bonds is 4. The van der Waals surface area contributed by atoms with Crippen molar-refractivity contribution in [2.45, 2.75) is 25.2 Å². The predicted molar refractivity (Wildman–Crippen MR) is 121 cm³/mol. The highest BCUT2D eigenvalue weighted by atomic mass is 19.4. The van der Waals surface area contributed by atoms with E-state index in [9.17, 15) is 27.9 Å². The van der Waals surface area contributed by atoms with Crippen LogP contribution in [0.5, 0.6) is 0 Å². The number of aromatic nitrogens is 4. The molecule has 8 nitrogen and oxygen atoms in total. The SMILES string of the molecule is O=C(O)[C@@H]1Cc2ccccc2CN1C(=O)c1nc(-c2ccccc2)n(-c2ccc(C(F)(F)F)nc2)n1. The molecule has 0 fully saturated rings. The number of carbonyl (C=O) groups is 2. The molecular weight excluding hydrogens is 475 g/mol. The van der Waals surface area contributed by atoms with Gasteiger partial charge in [-0.05, 0) is 23.3 Å². The van der Waals surface area contributed by atoms with Crippen LogP contribution in [0.4, 0.5) is 13.2 Å². The van der Waals surface area contributed by atoms with Gasteiger partial charge in [-0.3, -0.25) is 4.79 Å². The van der Waals surface area contributed by atoms with Crippen LogP contribution in [0.2, 0.25) is 0 Å². The monoisotopic (exact) mass is 493 g/mol. The van der Waals surface area contributed by atoms with Crippen LogP contribution in [0, 0.1) is 0 Å². The van der Waals surface area contributed by atoms with Gasteiger partial charge in [0.15, 0.2) is 5.82 Å². The van der Waals surface area contributed by atoms with Crippen molar-refractivity contribution < 1.29 is 27.9 Å². The third kappa shape index (κ3) is 4.30. The quantitative estimate of drug-likeness (QED) is 0.461. The summed E-state index contributed by atoms with van der Waals surface area (Å²) in [5.74, 6) is -1.94. The van der Waals surface area contributed by atoms with E-state index in [0.29, 0.717) is 5.56 Å². The minimum Gasteiger partial charge on any atom is -0.480 e. The number of hydrogen-bond acceptors (Lipinski definition) is 5. The Hall–Kier alpha value is -4.54. The molecule has 0 radical (unpaired) electrons. The summed E-state index contributed by atoms with van der Waals surface area (Å²) in [4.78, 5) is 34.5. The van der Waals surface area contributed by atoms with E-state index < -0.39 is 29.8 Å². The van der Waals surface area contributed by atoms with Crippen LogP contribution >= 0.6 is 0 Å². The van der Waals surface area contributed by atoms with Crippen LogP contribution in [0.15, 0.2) is 72.9 Å². The van der Waals surface area contributed by atoms with Crippen LogP contribution in [0.1, 0.15) is 27.4 Å². The van der Waals surface area contributed by atoms with Gasteiger partial charge in [0.2, 0.25) is 5.82 Å². The first kappa shape index (κ1) is 23.2. The molecule has 0 spiro atoms. The molecular formula is C25H18F3N5O3. The summed E-state index contributed by atoms with van der Waals surface area (Å²) in [5.41, 5.74) is 1.31. The first-order valence-electron chi connectivity index (χ1n) is 10.9. The maximum atomic E-state index is 13.5. The molecule has 0 saturated heterocycles. The minimum absolute atomic E-state index is 0.0586. The lowest BCUT2D eigenvalue weighted by molar-refractivity contribution is -0.143. The summed E-state index contributed by atoms with van der Waals surface area (Å²) in [6.07, 6.45) is -3.48. The summed E-state index contributed by atoms with van der Waals surface area (Å²) < 4.78 is 40.2. The van der Waals surface area contributed by atoms with Gasteiger partial charge in [-0.25, -0.2) is 19.4 Å². The van der Waals surface area contributed by atoms with Crippen LogP contribution in [-0.4, -0.2) is 47.7 Å². The maximum Gasteiger partial charge on any atom is 0.433 e. The highest BCUT2D eigenvalue weighted by Gasteiger charge is 2.37. The number of carboxylic acids is 1. The van der Waals surface area contributed by atoms with Gasteiger partial charge in [-0.15, -0.1) is 5.10 Å². The molecule has 1 atom stereocenters. The third-order valence-electron chi connectivity index (χ3n) is 5.91. The molecule has 0 bridgehead atoms. The maximum absolute atomic E-state index is 13.5. The summed E-state index contributed by atoms with van der Waals surface area (Å²) in [5, 5.41) is 14.1. The van der Waals surface area contributed by atoms with Crippen molar-refractivity contribution in [2.24, 2.45) is 0 Å². The first-order chi connectivity index (χ1) is 17.2. The lowest BCUT2D eigenvalue weighted by Crippen LogP contribution is -2.49. The average molecular weight is 493 g/mol. The summed E-state index contributed by atoms with van der Waals surface area (Å²) >= 11 is 0. The lowest BCUT2D eigenvalue weighted by atomic mass is 9.94. The second-order valence-corrected chi connectivity index (χ2v) is 8.20. The van der Waals surface area contributed by atoms with E-state index in [-0.39, 0.29) is 30.3 Å². The average Bonchev–Trinajstić information content (AvgIpc) is 3.33. The standard InChI is InChI=1S/C25H18F3N5O3/c26-25(27,28)20-11-10-18(13-29-20)33-22(15-6-2-1-3-7-15)30-21(31-33)23(34)32-14-17-9-5-4-8-16(17)12-19(32)24(35)36/h1-11,13,19H,12,14H2,(H,35,36)/t19-/m0/s1. The summed E-state index contributed by atoms with van der Waals surface area (Å²) in [6, 6.07) is 16.8. The van der Waals surface area contributed by atoms with E-state index in [4.69, 9.17) is 0 Å². The van der Waals surface area contributed by atoms with E-state index in [1.165, 1.54) is 15.6 Å². The fraction of sp³-hybridized carbons (Fsp3) is 0.160. The Labute approximate surface area is 202 Å². The van der Waals surface area contributed by atoms with Gasteiger partial charge < -0.3 is 10.0 Å². The van der Waals surface area contributed by atoms with Crippen molar-refractivity contribution in [1.29, 1.82) is 0 Å². The molecule has 1 aliphatic rings. The van der Waals surface area contributed by atoms with E-state index in [2.05, 4.69) is 15.1 Å². The Morgan fingerprint density at radius 2 is 1.64 bits per heavy atom. The number of pyridine rings is 1. The van der Waals surface area contributed by atoms with Crippen molar-refractivity contribution >= 4 is 11.9 Å². The van der Waals surface area contributed by atoms with Crippen molar-refractivity contribution in [3.63, 3.8) is 0 Å². The van der Waals surface area contributed by atoms with E-state index >= 15 is 0 Å².